The van der Waals surface area contributed by atoms with E-state index in [2.05, 4.69) is 5.32 Å². The molecule has 0 bridgehead atoms. The van der Waals surface area contributed by atoms with Crippen molar-refractivity contribution in [3.63, 3.8) is 0 Å². The van der Waals surface area contributed by atoms with E-state index in [1.165, 1.54) is 24.3 Å². The quantitative estimate of drug-likeness (QED) is 0.443. The second-order valence-corrected chi connectivity index (χ2v) is 6.67. The Kier molecular flexibility index (Phi) is 5.97. The fourth-order valence-corrected chi connectivity index (χ4v) is 3.08. The minimum absolute atomic E-state index is 0.0573. The fourth-order valence-electron chi connectivity index (χ4n) is 2.10. The first-order chi connectivity index (χ1) is 11.8. The van der Waals surface area contributed by atoms with E-state index in [0.29, 0.717) is 5.69 Å². The molecular weight excluding hydrogens is 350 g/mol. The molecule has 1 unspecified atom stereocenters. The normalized spacial score (nSPS) is 17.1. The number of nitrogens with one attached hydrogen (secondary N) is 1. The van der Waals surface area contributed by atoms with Crippen LogP contribution < -0.4 is 5.32 Å². The molecule has 1 atom stereocenters. The molecule has 1 aromatic carbocycles. The molecule has 1 aliphatic rings. The number of benzene rings is 1. The Balaban J connectivity index is 1.91. The van der Waals surface area contributed by atoms with Gasteiger partial charge in [-0.1, -0.05) is 11.8 Å². The van der Waals surface area contributed by atoms with Crippen molar-refractivity contribution in [2.45, 2.75) is 31.6 Å². The van der Waals surface area contributed by atoms with Gasteiger partial charge in [0.1, 0.15) is 5.25 Å². The van der Waals surface area contributed by atoms with Gasteiger partial charge in [0, 0.05) is 17.8 Å². The molecule has 0 aliphatic carbocycles. The minimum atomic E-state index is -0.794. The Hall–Kier alpha value is -2.62. The highest BCUT2D eigenvalue weighted by atomic mass is 32.2. The second kappa shape index (κ2) is 7.97. The van der Waals surface area contributed by atoms with Crippen LogP contribution in [0.15, 0.2) is 24.3 Å². The molecule has 0 saturated carbocycles. The third-order valence-electron chi connectivity index (χ3n) is 3.24. The third kappa shape index (κ3) is 4.92. The zero-order chi connectivity index (χ0) is 18.6. The Morgan fingerprint density at radius 2 is 2.00 bits per heavy atom. The van der Waals surface area contributed by atoms with Gasteiger partial charge in [-0.05, 0) is 26.0 Å². The van der Waals surface area contributed by atoms with Crippen molar-refractivity contribution in [1.29, 1.82) is 0 Å². The summed E-state index contributed by atoms with van der Waals surface area (Å²) in [5.41, 5.74) is 0.469. The summed E-state index contributed by atoms with van der Waals surface area (Å²) in [6.07, 6.45) is -0.453. The number of rotatable bonds is 7. The van der Waals surface area contributed by atoms with Crippen LogP contribution in [0.1, 0.15) is 20.3 Å². The van der Waals surface area contributed by atoms with Gasteiger partial charge in [0.15, 0.2) is 0 Å². The highest BCUT2D eigenvalue weighted by Gasteiger charge is 2.40. The number of nitro benzene ring substituents is 1. The van der Waals surface area contributed by atoms with Crippen LogP contribution in [0.5, 0.6) is 0 Å². The van der Waals surface area contributed by atoms with Crippen molar-refractivity contribution in [3.05, 3.63) is 34.4 Å². The van der Waals surface area contributed by atoms with Crippen molar-refractivity contribution < 1.29 is 24.0 Å². The van der Waals surface area contributed by atoms with Crippen LogP contribution in [0, 0.1) is 10.1 Å². The summed E-state index contributed by atoms with van der Waals surface area (Å²) in [6, 6.07) is 5.59. The van der Waals surface area contributed by atoms with E-state index in [-0.39, 0.29) is 24.9 Å². The molecule has 134 valence electrons. The molecule has 1 saturated heterocycles. The van der Waals surface area contributed by atoms with Crippen LogP contribution in [-0.2, 0) is 14.3 Å². The largest absolute Gasteiger partial charge is 0.463 e. The minimum Gasteiger partial charge on any atom is -0.463 e. The number of ether oxygens (including phenoxy) is 1. The van der Waals surface area contributed by atoms with E-state index in [1.54, 1.807) is 13.8 Å². The van der Waals surface area contributed by atoms with Gasteiger partial charge in [-0.25, -0.2) is 0 Å². The molecule has 2 rings (SSSR count). The predicted octanol–water partition coefficient (Wildman–Crippen LogP) is 2.37. The van der Waals surface area contributed by atoms with E-state index in [0.717, 1.165) is 16.7 Å². The average molecular weight is 367 g/mol. The smallest absolute Gasteiger partial charge is 0.307 e. The number of hydrogen-bond acceptors (Lipinski definition) is 8. The maximum absolute atomic E-state index is 12.2. The second-order valence-electron chi connectivity index (χ2n) is 5.52. The molecule has 1 N–H and O–H groups in total. The van der Waals surface area contributed by atoms with Gasteiger partial charge in [0.2, 0.25) is 5.91 Å². The van der Waals surface area contributed by atoms with E-state index in [4.69, 9.17) is 4.74 Å². The van der Waals surface area contributed by atoms with Crippen LogP contribution in [0.2, 0.25) is 0 Å². The van der Waals surface area contributed by atoms with Crippen LogP contribution in [0.3, 0.4) is 0 Å². The number of carbonyl (C=O) groups is 3. The summed E-state index contributed by atoms with van der Waals surface area (Å²) in [7, 11) is 0. The molecule has 1 aliphatic heterocycles. The molecule has 25 heavy (non-hydrogen) atoms. The van der Waals surface area contributed by atoms with E-state index in [9.17, 15) is 24.5 Å². The van der Waals surface area contributed by atoms with Crippen LogP contribution in [-0.4, -0.2) is 45.0 Å². The lowest BCUT2D eigenvalue weighted by Crippen LogP contribution is -2.36. The molecule has 2 amide bonds. The number of imide groups is 1. The fraction of sp³-hybridized carbons (Fsp3) is 0.400. The predicted molar refractivity (Wildman–Crippen MR) is 91.1 cm³/mol. The van der Waals surface area contributed by atoms with Crippen molar-refractivity contribution in [3.8, 4) is 0 Å². The summed E-state index contributed by atoms with van der Waals surface area (Å²) in [5.74, 6) is -0.996. The van der Waals surface area contributed by atoms with Gasteiger partial charge < -0.3 is 10.1 Å². The number of nitro groups is 1. The number of carbonyl (C=O) groups excluding carboxylic acids is 3. The van der Waals surface area contributed by atoms with Crippen molar-refractivity contribution in [1.82, 2.24) is 4.90 Å². The molecule has 0 radical (unpaired) electrons. The Labute approximate surface area is 147 Å². The lowest BCUT2D eigenvalue weighted by Gasteiger charge is -2.15. The zero-order valence-corrected chi connectivity index (χ0v) is 14.4. The lowest BCUT2D eigenvalue weighted by atomic mass is 10.2. The number of hydrogen-bond donors (Lipinski definition) is 1. The van der Waals surface area contributed by atoms with Crippen molar-refractivity contribution in [2.75, 3.05) is 12.0 Å². The number of esters is 1. The first-order valence-corrected chi connectivity index (χ1v) is 8.35. The molecule has 9 nitrogen and oxygen atoms in total. The lowest BCUT2D eigenvalue weighted by molar-refractivity contribution is -0.384. The first kappa shape index (κ1) is 18.7. The standard InChI is InChI=1S/C15H17N3O6S/c1-9(2)24-13(19)7-12-14(20)17(15(21)25-12)8-16-10-3-5-11(6-4-10)18(22)23/h3-6,9,12,16H,7-8H2,1-2H3. The molecule has 0 aromatic heterocycles. The van der Waals surface area contributed by atoms with Gasteiger partial charge in [-0.2, -0.15) is 0 Å². The number of amides is 2. The molecule has 10 heteroatoms. The van der Waals surface area contributed by atoms with Gasteiger partial charge >= 0.3 is 5.97 Å². The zero-order valence-electron chi connectivity index (χ0n) is 13.6. The van der Waals surface area contributed by atoms with Crippen LogP contribution in [0.25, 0.3) is 0 Å². The molecule has 1 fully saturated rings. The maximum Gasteiger partial charge on any atom is 0.307 e. The summed E-state index contributed by atoms with van der Waals surface area (Å²) in [6.45, 7) is 3.32. The first-order valence-electron chi connectivity index (χ1n) is 7.47. The highest BCUT2D eigenvalue weighted by molar-refractivity contribution is 8.15. The Morgan fingerprint density at radius 3 is 2.56 bits per heavy atom. The summed E-state index contributed by atoms with van der Waals surface area (Å²) < 4.78 is 4.99. The van der Waals surface area contributed by atoms with E-state index >= 15 is 0 Å². The Bertz CT molecular complexity index is 691. The van der Waals surface area contributed by atoms with Crippen molar-refractivity contribution >= 4 is 40.3 Å². The maximum atomic E-state index is 12.2. The summed E-state index contributed by atoms with van der Waals surface area (Å²) in [5, 5.41) is 12.2. The molecule has 1 heterocycles. The van der Waals surface area contributed by atoms with Gasteiger partial charge in [0.05, 0.1) is 24.1 Å². The SMILES string of the molecule is CC(C)OC(=O)CC1SC(=O)N(CNc2ccc([N+](=O)[O-])cc2)C1=O. The van der Waals surface area contributed by atoms with Crippen LogP contribution >= 0.6 is 11.8 Å². The molecule has 0 spiro atoms. The van der Waals surface area contributed by atoms with E-state index in [1.807, 2.05) is 0 Å². The van der Waals surface area contributed by atoms with Gasteiger partial charge in [0.25, 0.3) is 10.9 Å². The van der Waals surface area contributed by atoms with Crippen LogP contribution in [0.4, 0.5) is 16.2 Å². The Morgan fingerprint density at radius 1 is 1.36 bits per heavy atom. The number of thioether (sulfide) groups is 1. The summed E-state index contributed by atoms with van der Waals surface area (Å²) in [4.78, 5) is 46.9. The number of non-ortho nitro benzene ring substituents is 1. The molecular formula is C15H17N3O6S. The number of anilines is 1. The van der Waals surface area contributed by atoms with Gasteiger partial charge in [-0.3, -0.25) is 29.4 Å². The summed E-state index contributed by atoms with van der Waals surface area (Å²) >= 11 is 0.786. The van der Waals surface area contributed by atoms with E-state index < -0.39 is 27.3 Å². The highest BCUT2D eigenvalue weighted by Crippen LogP contribution is 2.29. The molecule has 1 aromatic rings. The average Bonchev–Trinajstić information content (AvgIpc) is 2.79. The topological polar surface area (TPSA) is 119 Å². The van der Waals surface area contributed by atoms with Gasteiger partial charge in [-0.15, -0.1) is 0 Å². The third-order valence-corrected chi connectivity index (χ3v) is 4.32. The number of nitrogens with zero attached hydrogens (tertiary/aromatic N) is 2. The monoisotopic (exact) mass is 367 g/mol. The van der Waals surface area contributed by atoms with Crippen molar-refractivity contribution in [2.24, 2.45) is 0 Å².